The Balaban J connectivity index is 0.872. The number of thiophene rings is 1. The molecule has 12 aromatic carbocycles. The number of nitrogens with zero attached hydrogens (tertiary/aromatic N) is 1. The zero-order chi connectivity index (χ0) is 51.1. The third-order valence-corrected chi connectivity index (χ3v) is 18.4. The van der Waals surface area contributed by atoms with Gasteiger partial charge in [-0.25, -0.2) is 0 Å². The maximum Gasteiger partial charge on any atom is 0.132 e. The van der Waals surface area contributed by atoms with Crippen molar-refractivity contribution in [1.29, 1.82) is 0 Å². The molecule has 3 heterocycles. The molecule has 0 radical (unpaired) electrons. The highest BCUT2D eigenvalue weighted by atomic mass is 32.1. The lowest BCUT2D eigenvalue weighted by molar-refractivity contribution is 0.436. The van der Waals surface area contributed by atoms with Crippen LogP contribution in [0.3, 0.4) is 0 Å². The van der Waals surface area contributed by atoms with Crippen LogP contribution < -0.4 is 14.4 Å². The van der Waals surface area contributed by atoms with Gasteiger partial charge in [-0.15, -0.1) is 11.3 Å². The van der Waals surface area contributed by atoms with E-state index in [1.165, 1.54) is 86.9 Å². The molecule has 0 N–H and O–H groups in total. The maximum atomic E-state index is 6.75. The van der Waals surface area contributed by atoms with E-state index in [1.807, 2.05) is 11.3 Å². The van der Waals surface area contributed by atoms with Gasteiger partial charge in [-0.2, -0.15) is 0 Å². The van der Waals surface area contributed by atoms with E-state index in [0.29, 0.717) is 0 Å². The first-order valence-corrected chi connectivity index (χ1v) is 27.6. The van der Waals surface area contributed by atoms with Gasteiger partial charge in [0.25, 0.3) is 0 Å². The highest BCUT2D eigenvalue weighted by Crippen LogP contribution is 2.65. The Hall–Kier alpha value is -9.74. The van der Waals surface area contributed by atoms with Gasteiger partial charge in [0.2, 0.25) is 0 Å². The number of hydrogen-bond acceptors (Lipinski definition) is 4. The Labute approximate surface area is 456 Å². The fourth-order valence-corrected chi connectivity index (χ4v) is 15.4. The predicted molar refractivity (Wildman–Crippen MR) is 320 cm³/mol. The van der Waals surface area contributed by atoms with E-state index in [2.05, 4.69) is 278 Å². The van der Waals surface area contributed by atoms with Crippen molar-refractivity contribution in [3.05, 3.63) is 317 Å². The van der Waals surface area contributed by atoms with E-state index in [1.54, 1.807) is 0 Å². The molecule has 2 aliphatic carbocycles. The van der Waals surface area contributed by atoms with Gasteiger partial charge in [-0.05, 0) is 128 Å². The normalized spacial score (nSPS) is 14.1. The molecule has 78 heavy (non-hydrogen) atoms. The topological polar surface area (TPSA) is 21.7 Å². The third-order valence-electron chi connectivity index (χ3n) is 17.2. The Kier molecular flexibility index (Phi) is 9.14. The Morgan fingerprint density at radius 2 is 0.769 bits per heavy atom. The van der Waals surface area contributed by atoms with Gasteiger partial charge in [0.05, 0.1) is 16.5 Å². The van der Waals surface area contributed by atoms with Crippen molar-refractivity contribution < 1.29 is 9.47 Å². The fraction of sp³-hybridized carbons (Fsp3) is 0.0270. The monoisotopic (exact) mass is 1010 g/mol. The van der Waals surface area contributed by atoms with Crippen molar-refractivity contribution >= 4 is 48.6 Å². The zero-order valence-electron chi connectivity index (χ0n) is 42.2. The summed E-state index contributed by atoms with van der Waals surface area (Å²) < 4.78 is 16.0. The number of benzene rings is 12. The molecule has 17 rings (SSSR count). The first kappa shape index (κ1) is 43.5. The minimum Gasteiger partial charge on any atom is -0.457 e. The van der Waals surface area contributed by atoms with Gasteiger partial charge in [0.1, 0.15) is 23.0 Å². The van der Waals surface area contributed by atoms with Crippen molar-refractivity contribution in [3.63, 3.8) is 0 Å². The largest absolute Gasteiger partial charge is 0.457 e. The highest BCUT2D eigenvalue weighted by Gasteiger charge is 2.53. The van der Waals surface area contributed by atoms with Crippen LogP contribution in [0.25, 0.3) is 64.7 Å². The van der Waals surface area contributed by atoms with E-state index in [9.17, 15) is 0 Å². The summed E-state index contributed by atoms with van der Waals surface area (Å²) in [6.45, 7) is 0. The molecule has 0 saturated carbocycles. The number of ether oxygens (including phenoxy) is 2. The molecule has 0 saturated heterocycles. The van der Waals surface area contributed by atoms with E-state index >= 15 is 0 Å². The smallest absolute Gasteiger partial charge is 0.132 e. The second kappa shape index (κ2) is 16.4. The molecular weight excluding hydrogens is 967 g/mol. The number of rotatable bonds is 5. The molecule has 0 bridgehead atoms. The second-order valence-electron chi connectivity index (χ2n) is 21.0. The lowest BCUT2D eigenvalue weighted by Gasteiger charge is -2.39. The van der Waals surface area contributed by atoms with Gasteiger partial charge in [-0.3, -0.25) is 0 Å². The molecule has 3 nitrogen and oxygen atoms in total. The molecule has 4 aliphatic rings. The lowest BCUT2D eigenvalue weighted by atomic mass is 9.66. The predicted octanol–water partition coefficient (Wildman–Crippen LogP) is 19.8. The van der Waals surface area contributed by atoms with Crippen LogP contribution in [0.4, 0.5) is 17.1 Å². The van der Waals surface area contributed by atoms with E-state index in [0.717, 1.165) is 62.3 Å². The van der Waals surface area contributed by atoms with Crippen molar-refractivity contribution in [2.45, 2.75) is 10.8 Å². The molecular formula is C74H45NO2S. The summed E-state index contributed by atoms with van der Waals surface area (Å²) in [5.41, 5.74) is 21.4. The quantitative estimate of drug-likeness (QED) is 0.171. The second-order valence-corrected chi connectivity index (χ2v) is 22.0. The Bertz CT molecular complexity index is 4570. The molecule has 364 valence electrons. The molecule has 2 spiro atoms. The summed E-state index contributed by atoms with van der Waals surface area (Å²) in [6, 6.07) is 100. The van der Waals surface area contributed by atoms with Gasteiger partial charge in [-0.1, -0.05) is 206 Å². The molecule has 4 heteroatoms. The first-order chi connectivity index (χ1) is 38.7. The molecule has 0 unspecified atom stereocenters. The molecule has 2 aliphatic heterocycles. The molecule has 0 atom stereocenters. The minimum atomic E-state index is -0.614. The van der Waals surface area contributed by atoms with Gasteiger partial charge in [0.15, 0.2) is 0 Å². The summed E-state index contributed by atoms with van der Waals surface area (Å²) in [4.78, 5) is 2.49. The summed E-state index contributed by atoms with van der Waals surface area (Å²) in [5.74, 6) is 3.55. The summed E-state index contributed by atoms with van der Waals surface area (Å²) in [6.07, 6.45) is 0. The van der Waals surface area contributed by atoms with Gasteiger partial charge in [0, 0.05) is 59.4 Å². The number of fused-ring (bicyclic) bond motifs is 21. The average molecular weight is 1010 g/mol. The van der Waals surface area contributed by atoms with Crippen LogP contribution >= 0.6 is 11.3 Å². The van der Waals surface area contributed by atoms with Crippen molar-refractivity contribution in [2.75, 3.05) is 4.90 Å². The van der Waals surface area contributed by atoms with Gasteiger partial charge < -0.3 is 14.4 Å². The molecule has 0 amide bonds. The van der Waals surface area contributed by atoms with Crippen LogP contribution in [0.2, 0.25) is 0 Å². The highest BCUT2D eigenvalue weighted by molar-refractivity contribution is 7.26. The summed E-state index contributed by atoms with van der Waals surface area (Å²) >= 11 is 1.87. The average Bonchev–Trinajstić information content (AvgIpc) is 3.32. The van der Waals surface area contributed by atoms with Crippen LogP contribution in [-0.4, -0.2) is 0 Å². The van der Waals surface area contributed by atoms with Crippen molar-refractivity contribution in [1.82, 2.24) is 0 Å². The SMILES string of the molecule is c1cc(-c2ccc3c(c2)-c2ccccc2C32c3ccccc3Oc3ccccc32)cc(N(c2ccc(-c3cccc4c3sc3ccccc34)cc2)c2cccc3c2-c2ccccc2C32c3ccccc3Oc3ccccc32)c1. The van der Waals surface area contributed by atoms with Crippen LogP contribution in [0.5, 0.6) is 23.0 Å². The number of para-hydroxylation sites is 4. The van der Waals surface area contributed by atoms with Crippen LogP contribution in [0.1, 0.15) is 44.5 Å². The standard InChI is InChI=1S/C74H45NO2S/c1-4-25-57-52(20-1)56-45-48(40-43-59(56)73(57)60-27-6-10-33-66(60)76-67-34-11-7-28-61(67)73)47-18-15-19-50(44-47)75(49-41-38-46(39-42-49)51-23-16-24-54-53-21-3-14-37-70(53)78-72(51)54)65-32-17-31-64-71(65)55-22-2-5-26-58(55)74(64)62-29-8-12-35-68(62)77-69-36-13-9-30-63(69)74/h1-45H. The van der Waals surface area contributed by atoms with Crippen LogP contribution in [0, 0.1) is 0 Å². The van der Waals surface area contributed by atoms with E-state index in [4.69, 9.17) is 9.47 Å². The minimum absolute atomic E-state index is 0.532. The molecule has 0 fully saturated rings. The molecule has 1 aromatic heterocycles. The van der Waals surface area contributed by atoms with Crippen molar-refractivity contribution in [2.24, 2.45) is 0 Å². The number of hydrogen-bond donors (Lipinski definition) is 0. The fourth-order valence-electron chi connectivity index (χ4n) is 14.1. The first-order valence-electron chi connectivity index (χ1n) is 26.8. The lowest BCUT2D eigenvalue weighted by Crippen LogP contribution is -2.32. The van der Waals surface area contributed by atoms with Crippen molar-refractivity contribution in [3.8, 4) is 67.5 Å². The zero-order valence-corrected chi connectivity index (χ0v) is 43.0. The van der Waals surface area contributed by atoms with E-state index < -0.39 is 10.8 Å². The maximum absolute atomic E-state index is 6.75. The Morgan fingerprint density at radius 3 is 1.45 bits per heavy atom. The number of anilines is 3. The third kappa shape index (κ3) is 5.82. The van der Waals surface area contributed by atoms with Crippen LogP contribution in [0.15, 0.2) is 273 Å². The summed E-state index contributed by atoms with van der Waals surface area (Å²) in [7, 11) is 0. The van der Waals surface area contributed by atoms with Gasteiger partial charge >= 0.3 is 0 Å². The molecule has 13 aromatic rings. The van der Waals surface area contributed by atoms with E-state index in [-0.39, 0.29) is 0 Å². The van der Waals surface area contributed by atoms with Crippen LogP contribution in [-0.2, 0) is 10.8 Å². The Morgan fingerprint density at radius 1 is 0.295 bits per heavy atom. The summed E-state index contributed by atoms with van der Waals surface area (Å²) in [5, 5.41) is 2.60.